The highest BCUT2D eigenvalue weighted by Crippen LogP contribution is 2.28. The van der Waals surface area contributed by atoms with E-state index in [-0.39, 0.29) is 0 Å². The Bertz CT molecular complexity index is 590. The first kappa shape index (κ1) is 13.6. The molecule has 1 aromatic heterocycles. The summed E-state index contributed by atoms with van der Waals surface area (Å²) in [5.74, 6) is 1.80. The van der Waals surface area contributed by atoms with E-state index >= 15 is 0 Å². The molecule has 1 heterocycles. The average Bonchev–Trinajstić information content (AvgIpc) is 2.42. The fourth-order valence-corrected chi connectivity index (χ4v) is 2.04. The number of nitrogens with zero attached hydrogens (tertiary/aromatic N) is 2. The molecule has 0 unspecified atom stereocenters. The molecule has 19 heavy (non-hydrogen) atoms. The Morgan fingerprint density at radius 3 is 2.63 bits per heavy atom. The highest BCUT2D eigenvalue weighted by molar-refractivity contribution is 9.10. The maximum atomic E-state index is 5.81. The van der Waals surface area contributed by atoms with E-state index in [1.807, 2.05) is 18.2 Å². The van der Waals surface area contributed by atoms with Gasteiger partial charge in [-0.2, -0.15) is 0 Å². The molecule has 0 amide bonds. The van der Waals surface area contributed by atoms with E-state index < -0.39 is 0 Å². The van der Waals surface area contributed by atoms with Crippen molar-refractivity contribution in [1.82, 2.24) is 9.97 Å². The van der Waals surface area contributed by atoms with Crippen molar-refractivity contribution in [2.45, 2.75) is 6.42 Å². The second-order valence-electron chi connectivity index (χ2n) is 3.89. The molecule has 0 aliphatic rings. The van der Waals surface area contributed by atoms with Gasteiger partial charge < -0.3 is 15.2 Å². The van der Waals surface area contributed by atoms with E-state index in [0.717, 1.165) is 11.3 Å². The number of nitrogen functional groups attached to an aromatic ring is 1. The van der Waals surface area contributed by atoms with Crippen LogP contribution in [0, 0.1) is 0 Å². The Balaban J connectivity index is 2.30. The topological polar surface area (TPSA) is 70.3 Å². The van der Waals surface area contributed by atoms with Crippen LogP contribution in [0.25, 0.3) is 0 Å². The lowest BCUT2D eigenvalue weighted by Crippen LogP contribution is -2.02. The number of hydrogen-bond donors (Lipinski definition) is 1. The minimum Gasteiger partial charge on any atom is -0.493 e. The molecule has 5 nitrogen and oxygen atoms in total. The molecule has 100 valence electrons. The summed E-state index contributed by atoms with van der Waals surface area (Å²) in [5, 5.41) is 0. The lowest BCUT2D eigenvalue weighted by molar-refractivity contribution is 0.354. The van der Waals surface area contributed by atoms with Gasteiger partial charge in [-0.15, -0.1) is 0 Å². The molecule has 0 atom stereocenters. The predicted molar refractivity (Wildman–Crippen MR) is 76.5 cm³/mol. The number of aromatic nitrogens is 2. The van der Waals surface area contributed by atoms with E-state index in [4.69, 9.17) is 15.2 Å². The molecule has 1 aromatic carbocycles. The van der Waals surface area contributed by atoms with Gasteiger partial charge in [-0.05, 0) is 33.6 Å². The van der Waals surface area contributed by atoms with Crippen molar-refractivity contribution in [3.8, 4) is 11.5 Å². The summed E-state index contributed by atoms with van der Waals surface area (Å²) in [6.07, 6.45) is 2.16. The van der Waals surface area contributed by atoms with Crippen LogP contribution < -0.4 is 15.2 Å². The molecule has 0 bridgehead atoms. The maximum Gasteiger partial charge on any atom is 0.160 e. The maximum absolute atomic E-state index is 5.81. The van der Waals surface area contributed by atoms with Crippen LogP contribution in [0.4, 0.5) is 5.82 Å². The van der Waals surface area contributed by atoms with Crippen LogP contribution in [0.1, 0.15) is 11.3 Å². The molecular weight excluding hydrogens is 310 g/mol. The first-order valence-electron chi connectivity index (χ1n) is 5.62. The van der Waals surface area contributed by atoms with Crippen LogP contribution in [0.3, 0.4) is 0 Å². The zero-order valence-electron chi connectivity index (χ0n) is 10.7. The Morgan fingerprint density at radius 1 is 1.21 bits per heavy atom. The largest absolute Gasteiger partial charge is 0.493 e. The van der Waals surface area contributed by atoms with Crippen LogP contribution in [0.5, 0.6) is 11.5 Å². The van der Waals surface area contributed by atoms with Crippen LogP contribution in [0.15, 0.2) is 29.0 Å². The number of ether oxygens (including phenoxy) is 2. The minimum absolute atomic E-state index is 0.429. The monoisotopic (exact) mass is 323 g/mol. The number of nitrogens with two attached hydrogens (primary N) is 1. The quantitative estimate of drug-likeness (QED) is 0.935. The summed E-state index contributed by atoms with van der Waals surface area (Å²) in [4.78, 5) is 8.39. The summed E-state index contributed by atoms with van der Waals surface area (Å²) < 4.78 is 11.1. The summed E-state index contributed by atoms with van der Waals surface area (Å²) >= 11 is 3.29. The standard InChI is InChI=1S/C13H14BrN3O2/c1-18-10-4-3-8(6-11(10)19-2)5-9-13(15)16-7-12(14)17-9/h3-4,6-7H,5H2,1-2H3,(H2,15,16). The third kappa shape index (κ3) is 3.14. The molecule has 0 aliphatic carbocycles. The van der Waals surface area contributed by atoms with Crippen molar-refractivity contribution in [2.75, 3.05) is 20.0 Å². The van der Waals surface area contributed by atoms with Crippen LogP contribution >= 0.6 is 15.9 Å². The highest BCUT2D eigenvalue weighted by atomic mass is 79.9. The number of benzene rings is 1. The van der Waals surface area contributed by atoms with E-state index in [9.17, 15) is 0 Å². The summed E-state index contributed by atoms with van der Waals surface area (Å²) in [6, 6.07) is 5.71. The van der Waals surface area contributed by atoms with Crippen molar-refractivity contribution in [1.29, 1.82) is 0 Å². The van der Waals surface area contributed by atoms with Gasteiger partial charge in [-0.3, -0.25) is 0 Å². The number of rotatable bonds is 4. The fraction of sp³-hybridized carbons (Fsp3) is 0.231. The zero-order chi connectivity index (χ0) is 13.8. The fourth-order valence-electron chi connectivity index (χ4n) is 1.73. The molecule has 0 radical (unpaired) electrons. The van der Waals surface area contributed by atoms with Crippen LogP contribution in [0.2, 0.25) is 0 Å². The van der Waals surface area contributed by atoms with Crippen LogP contribution in [-0.4, -0.2) is 24.2 Å². The zero-order valence-corrected chi connectivity index (χ0v) is 12.3. The van der Waals surface area contributed by atoms with Gasteiger partial charge in [0.15, 0.2) is 11.5 Å². The first-order valence-corrected chi connectivity index (χ1v) is 6.41. The molecule has 2 N–H and O–H groups in total. The van der Waals surface area contributed by atoms with Gasteiger partial charge in [0, 0.05) is 6.42 Å². The molecule has 2 aromatic rings. The molecular formula is C13H14BrN3O2. The third-order valence-corrected chi connectivity index (χ3v) is 3.05. The Kier molecular flexibility index (Phi) is 4.21. The Labute approximate surface area is 119 Å². The summed E-state index contributed by atoms with van der Waals surface area (Å²) in [7, 11) is 3.21. The average molecular weight is 324 g/mol. The Morgan fingerprint density at radius 2 is 1.95 bits per heavy atom. The Hall–Kier alpha value is -1.82. The second kappa shape index (κ2) is 5.88. The number of hydrogen-bond acceptors (Lipinski definition) is 5. The normalized spacial score (nSPS) is 10.3. The highest BCUT2D eigenvalue weighted by Gasteiger charge is 2.08. The number of halogens is 1. The molecule has 6 heteroatoms. The molecule has 0 spiro atoms. The van der Waals surface area contributed by atoms with Gasteiger partial charge in [-0.25, -0.2) is 9.97 Å². The van der Waals surface area contributed by atoms with Crippen molar-refractivity contribution >= 4 is 21.7 Å². The first-order chi connectivity index (χ1) is 9.13. The van der Waals surface area contributed by atoms with E-state index in [1.54, 1.807) is 20.4 Å². The van der Waals surface area contributed by atoms with E-state index in [1.165, 1.54) is 0 Å². The van der Waals surface area contributed by atoms with Gasteiger partial charge in [0.1, 0.15) is 10.4 Å². The molecule has 0 aliphatic heterocycles. The molecule has 0 saturated carbocycles. The van der Waals surface area contributed by atoms with Gasteiger partial charge in [0.25, 0.3) is 0 Å². The smallest absolute Gasteiger partial charge is 0.160 e. The predicted octanol–water partition coefficient (Wildman–Crippen LogP) is 2.43. The van der Waals surface area contributed by atoms with Crippen LogP contribution in [-0.2, 0) is 6.42 Å². The lowest BCUT2D eigenvalue weighted by Gasteiger charge is -2.10. The molecule has 0 saturated heterocycles. The summed E-state index contributed by atoms with van der Waals surface area (Å²) in [6.45, 7) is 0. The van der Waals surface area contributed by atoms with Crippen molar-refractivity contribution < 1.29 is 9.47 Å². The molecule has 2 rings (SSSR count). The van der Waals surface area contributed by atoms with Gasteiger partial charge in [0.05, 0.1) is 26.1 Å². The van der Waals surface area contributed by atoms with Gasteiger partial charge >= 0.3 is 0 Å². The molecule has 0 fully saturated rings. The third-order valence-electron chi connectivity index (χ3n) is 2.67. The minimum atomic E-state index is 0.429. The van der Waals surface area contributed by atoms with Crippen molar-refractivity contribution in [2.24, 2.45) is 0 Å². The van der Waals surface area contributed by atoms with Crippen molar-refractivity contribution in [3.63, 3.8) is 0 Å². The van der Waals surface area contributed by atoms with E-state index in [0.29, 0.717) is 28.3 Å². The van der Waals surface area contributed by atoms with Gasteiger partial charge in [0.2, 0.25) is 0 Å². The number of anilines is 1. The van der Waals surface area contributed by atoms with Gasteiger partial charge in [-0.1, -0.05) is 6.07 Å². The lowest BCUT2D eigenvalue weighted by atomic mass is 10.1. The van der Waals surface area contributed by atoms with E-state index in [2.05, 4.69) is 25.9 Å². The summed E-state index contributed by atoms with van der Waals surface area (Å²) in [5.41, 5.74) is 7.56. The number of methoxy groups -OCH3 is 2. The van der Waals surface area contributed by atoms with Crippen molar-refractivity contribution in [3.05, 3.63) is 40.3 Å². The SMILES string of the molecule is COc1ccc(Cc2nc(Br)cnc2N)cc1OC. The second-order valence-corrected chi connectivity index (χ2v) is 4.70.